The van der Waals surface area contributed by atoms with Crippen molar-refractivity contribution in [1.29, 1.82) is 0 Å². The van der Waals surface area contributed by atoms with Crippen LogP contribution in [0, 0.1) is 6.92 Å². The lowest BCUT2D eigenvalue weighted by Gasteiger charge is -2.13. The predicted octanol–water partition coefficient (Wildman–Crippen LogP) is 5.38. The molecule has 0 radical (unpaired) electrons. The van der Waals surface area contributed by atoms with Gasteiger partial charge in [-0.25, -0.2) is 19.6 Å². The van der Waals surface area contributed by atoms with Crippen LogP contribution in [-0.2, 0) is 0 Å². The third-order valence-corrected chi connectivity index (χ3v) is 4.36. The van der Waals surface area contributed by atoms with E-state index < -0.39 is 12.1 Å². The Labute approximate surface area is 176 Å². The number of urea groups is 2. The first-order valence-electron chi connectivity index (χ1n) is 8.40. The molecule has 4 amide bonds. The number of rotatable bonds is 4. The van der Waals surface area contributed by atoms with E-state index in [9.17, 15) is 9.59 Å². The van der Waals surface area contributed by atoms with Crippen LogP contribution in [0.4, 0.5) is 32.3 Å². The molecular weight excluding hydrogens is 415 g/mol. The van der Waals surface area contributed by atoms with Gasteiger partial charge in [-0.3, -0.25) is 0 Å². The Kier molecular flexibility index (Phi) is 6.48. The molecule has 0 saturated carbocycles. The quantitative estimate of drug-likeness (QED) is 0.416. The Morgan fingerprint density at radius 3 is 1.83 bits per heavy atom. The van der Waals surface area contributed by atoms with Crippen molar-refractivity contribution in [1.82, 2.24) is 9.97 Å². The molecule has 2 aromatic heterocycles. The normalized spacial score (nSPS) is 10.2. The molecule has 0 bridgehead atoms. The SMILES string of the molecule is Cc1ccc(NC(=O)Nc2cccnc2Cl)cc1NC(=O)Nc1cccnc1Cl. The number of aryl methyl sites for hydroxylation is 1. The molecule has 10 heteroatoms. The summed E-state index contributed by atoms with van der Waals surface area (Å²) in [4.78, 5) is 32.3. The van der Waals surface area contributed by atoms with E-state index in [1.807, 2.05) is 6.92 Å². The van der Waals surface area contributed by atoms with E-state index in [0.717, 1.165) is 5.56 Å². The minimum atomic E-state index is -0.499. The van der Waals surface area contributed by atoms with Gasteiger partial charge >= 0.3 is 12.1 Å². The maximum atomic E-state index is 12.3. The maximum Gasteiger partial charge on any atom is 0.323 e. The van der Waals surface area contributed by atoms with Crippen LogP contribution < -0.4 is 21.3 Å². The number of nitrogens with one attached hydrogen (secondary N) is 4. The van der Waals surface area contributed by atoms with Gasteiger partial charge in [-0.05, 0) is 48.9 Å². The van der Waals surface area contributed by atoms with Crippen LogP contribution in [-0.4, -0.2) is 22.0 Å². The Bertz CT molecular complexity index is 1060. The van der Waals surface area contributed by atoms with E-state index in [-0.39, 0.29) is 10.3 Å². The molecular formula is C19H16Cl2N6O2. The summed E-state index contributed by atoms with van der Waals surface area (Å²) in [6, 6.07) is 10.7. The molecule has 0 saturated heterocycles. The zero-order valence-corrected chi connectivity index (χ0v) is 16.7. The number of hydrogen-bond acceptors (Lipinski definition) is 4. The van der Waals surface area contributed by atoms with Gasteiger partial charge in [0, 0.05) is 23.8 Å². The average Bonchev–Trinajstić information content (AvgIpc) is 2.68. The van der Waals surface area contributed by atoms with E-state index in [1.54, 1.807) is 42.5 Å². The molecule has 2 heterocycles. The van der Waals surface area contributed by atoms with Gasteiger partial charge in [0.2, 0.25) is 0 Å². The molecule has 148 valence electrons. The number of halogens is 2. The van der Waals surface area contributed by atoms with Crippen LogP contribution in [0.5, 0.6) is 0 Å². The van der Waals surface area contributed by atoms with E-state index in [0.29, 0.717) is 22.7 Å². The molecule has 0 unspecified atom stereocenters. The second-order valence-electron chi connectivity index (χ2n) is 5.87. The highest BCUT2D eigenvalue weighted by Crippen LogP contribution is 2.23. The number of aromatic nitrogens is 2. The largest absolute Gasteiger partial charge is 0.323 e. The maximum absolute atomic E-state index is 12.3. The zero-order valence-electron chi connectivity index (χ0n) is 15.2. The summed E-state index contributed by atoms with van der Waals surface area (Å²) in [5, 5.41) is 11.0. The number of carbonyl (C=O) groups excluding carboxylic acids is 2. The van der Waals surface area contributed by atoms with Crippen LogP contribution in [0.25, 0.3) is 0 Å². The third kappa shape index (κ3) is 5.56. The Balaban J connectivity index is 1.66. The minimum absolute atomic E-state index is 0.180. The standard InChI is InChI=1S/C19H16Cl2N6O2/c1-11-6-7-12(24-18(28)25-13-4-2-8-22-16(13)20)10-15(11)27-19(29)26-14-5-3-9-23-17(14)21/h2-10H,1H3,(H2,24,25,28)(H2,26,27,29). The molecule has 0 atom stereocenters. The summed E-state index contributed by atoms with van der Waals surface area (Å²) in [7, 11) is 0. The van der Waals surface area contributed by atoms with Crippen LogP contribution in [0.15, 0.2) is 54.9 Å². The summed E-state index contributed by atoms with van der Waals surface area (Å²) < 4.78 is 0. The Morgan fingerprint density at radius 2 is 1.28 bits per heavy atom. The van der Waals surface area contributed by atoms with Crippen LogP contribution in [0.1, 0.15) is 5.56 Å². The van der Waals surface area contributed by atoms with Crippen LogP contribution in [0.2, 0.25) is 10.3 Å². The summed E-state index contributed by atoms with van der Waals surface area (Å²) >= 11 is 11.9. The topological polar surface area (TPSA) is 108 Å². The van der Waals surface area contributed by atoms with Crippen molar-refractivity contribution < 1.29 is 9.59 Å². The molecule has 0 aliphatic heterocycles. The van der Waals surface area contributed by atoms with Crippen molar-refractivity contribution in [3.05, 3.63) is 70.7 Å². The molecule has 0 aliphatic rings. The third-order valence-electron chi connectivity index (χ3n) is 3.76. The summed E-state index contributed by atoms with van der Waals surface area (Å²) in [6.45, 7) is 1.83. The number of carbonyl (C=O) groups is 2. The fraction of sp³-hybridized carbons (Fsp3) is 0.0526. The molecule has 4 N–H and O–H groups in total. The smallest absolute Gasteiger partial charge is 0.308 e. The molecule has 0 fully saturated rings. The first-order chi connectivity index (χ1) is 13.9. The summed E-state index contributed by atoms with van der Waals surface area (Å²) in [5.74, 6) is 0. The zero-order chi connectivity index (χ0) is 20.8. The van der Waals surface area contributed by atoms with Gasteiger partial charge < -0.3 is 21.3 Å². The number of pyridine rings is 2. The van der Waals surface area contributed by atoms with Crippen molar-refractivity contribution >= 4 is 58.0 Å². The fourth-order valence-corrected chi connectivity index (χ4v) is 2.69. The van der Waals surface area contributed by atoms with Gasteiger partial charge in [-0.1, -0.05) is 29.3 Å². The number of hydrogen-bond donors (Lipinski definition) is 4. The lowest BCUT2D eigenvalue weighted by atomic mass is 10.2. The molecule has 1 aromatic carbocycles. The molecule has 0 aliphatic carbocycles. The van der Waals surface area contributed by atoms with Gasteiger partial charge in [-0.15, -0.1) is 0 Å². The fourth-order valence-electron chi connectivity index (χ4n) is 2.35. The molecule has 29 heavy (non-hydrogen) atoms. The van der Waals surface area contributed by atoms with E-state index in [1.165, 1.54) is 12.4 Å². The van der Waals surface area contributed by atoms with Crippen molar-refractivity contribution in [3.8, 4) is 0 Å². The number of amides is 4. The first kappa shape index (κ1) is 20.4. The average molecular weight is 431 g/mol. The van der Waals surface area contributed by atoms with Crippen molar-refractivity contribution in [2.24, 2.45) is 0 Å². The monoisotopic (exact) mass is 430 g/mol. The minimum Gasteiger partial charge on any atom is -0.308 e. The van der Waals surface area contributed by atoms with Gasteiger partial charge in [0.15, 0.2) is 10.3 Å². The van der Waals surface area contributed by atoms with Crippen molar-refractivity contribution in [3.63, 3.8) is 0 Å². The highest BCUT2D eigenvalue weighted by molar-refractivity contribution is 6.33. The Hall–Kier alpha value is -3.36. The van der Waals surface area contributed by atoms with Gasteiger partial charge in [0.25, 0.3) is 0 Å². The van der Waals surface area contributed by atoms with Crippen molar-refractivity contribution in [2.75, 3.05) is 21.3 Å². The van der Waals surface area contributed by atoms with Crippen molar-refractivity contribution in [2.45, 2.75) is 6.92 Å². The summed E-state index contributed by atoms with van der Waals surface area (Å²) in [6.07, 6.45) is 3.04. The lowest BCUT2D eigenvalue weighted by molar-refractivity contribution is 0.261. The van der Waals surface area contributed by atoms with Crippen LogP contribution >= 0.6 is 23.2 Å². The summed E-state index contributed by atoms with van der Waals surface area (Å²) in [5.41, 5.74) is 2.55. The van der Waals surface area contributed by atoms with E-state index in [2.05, 4.69) is 31.2 Å². The second kappa shape index (κ2) is 9.22. The Morgan fingerprint density at radius 1 is 0.759 bits per heavy atom. The molecule has 3 rings (SSSR count). The number of benzene rings is 1. The van der Waals surface area contributed by atoms with E-state index >= 15 is 0 Å². The van der Waals surface area contributed by atoms with Gasteiger partial charge in [-0.2, -0.15) is 0 Å². The lowest BCUT2D eigenvalue weighted by Crippen LogP contribution is -2.21. The molecule has 0 spiro atoms. The molecule has 3 aromatic rings. The van der Waals surface area contributed by atoms with E-state index in [4.69, 9.17) is 23.2 Å². The van der Waals surface area contributed by atoms with Gasteiger partial charge in [0.05, 0.1) is 11.4 Å². The first-order valence-corrected chi connectivity index (χ1v) is 9.15. The second-order valence-corrected chi connectivity index (χ2v) is 6.59. The highest BCUT2D eigenvalue weighted by atomic mass is 35.5. The number of anilines is 4. The number of nitrogens with zero attached hydrogens (tertiary/aromatic N) is 2. The predicted molar refractivity (Wildman–Crippen MR) is 115 cm³/mol. The van der Waals surface area contributed by atoms with Crippen LogP contribution in [0.3, 0.4) is 0 Å². The van der Waals surface area contributed by atoms with Gasteiger partial charge in [0.1, 0.15) is 0 Å². The molecule has 8 nitrogen and oxygen atoms in total. The highest BCUT2D eigenvalue weighted by Gasteiger charge is 2.10.